The van der Waals surface area contributed by atoms with E-state index in [1.807, 2.05) is 12.3 Å². The average Bonchev–Trinajstić information content (AvgIpc) is 2.87. The van der Waals surface area contributed by atoms with Crippen molar-refractivity contribution in [2.45, 2.75) is 0 Å². The van der Waals surface area contributed by atoms with Gasteiger partial charge in [0.05, 0.1) is 5.52 Å². The zero-order valence-corrected chi connectivity index (χ0v) is 17.4. The summed E-state index contributed by atoms with van der Waals surface area (Å²) in [5.74, 6) is 0. The van der Waals surface area contributed by atoms with Crippen LogP contribution in [-0.4, -0.2) is 4.98 Å². The molecule has 0 bridgehead atoms. The molecule has 1 aromatic heterocycles. The molecule has 0 atom stereocenters. The summed E-state index contributed by atoms with van der Waals surface area (Å²) < 4.78 is 0. The minimum Gasteiger partial charge on any atom is -0.256 e. The van der Waals surface area contributed by atoms with Gasteiger partial charge in [0.2, 0.25) is 0 Å². The van der Waals surface area contributed by atoms with Gasteiger partial charge in [-0.2, -0.15) is 0 Å². The van der Waals surface area contributed by atoms with Gasteiger partial charge in [0.1, 0.15) is 0 Å². The molecule has 0 saturated carbocycles. The summed E-state index contributed by atoms with van der Waals surface area (Å²) in [5, 5.41) is 11.4. The highest BCUT2D eigenvalue weighted by Gasteiger charge is 2.14. The molecule has 1 heteroatoms. The highest BCUT2D eigenvalue weighted by molar-refractivity contribution is 6.23. The van der Waals surface area contributed by atoms with E-state index in [2.05, 4.69) is 108 Å². The number of hydrogen-bond acceptors (Lipinski definition) is 1. The molecular formula is C31H19N. The first kappa shape index (κ1) is 17.5. The lowest BCUT2D eigenvalue weighted by atomic mass is 9.88. The molecule has 0 saturated heterocycles. The molecule has 6 aromatic carbocycles. The number of aromatic nitrogens is 1. The van der Waals surface area contributed by atoms with E-state index in [0.29, 0.717) is 0 Å². The first-order valence-electron chi connectivity index (χ1n) is 11.0. The van der Waals surface area contributed by atoms with Crippen LogP contribution in [0, 0.1) is 0 Å². The molecule has 0 aliphatic heterocycles. The maximum absolute atomic E-state index is 4.60. The fraction of sp³-hybridized carbons (Fsp3) is 0. The SMILES string of the molecule is c1ccc2c(c1)cc(-c1cc3c4cccnc4ccc3c3ccccc13)c1ccccc12. The standard InChI is InChI=1S/C31H19N/c1-2-9-21-20(8-1)18-28(24-12-5-3-10-22(21)24)30-19-29-26(23-11-4-6-13-25(23)30)15-16-31-27(29)14-7-17-32-31/h1-19H. The Balaban J connectivity index is 1.72. The monoisotopic (exact) mass is 405 g/mol. The molecule has 7 aromatic rings. The number of rotatable bonds is 1. The lowest BCUT2D eigenvalue weighted by Crippen LogP contribution is -1.89. The van der Waals surface area contributed by atoms with Crippen molar-refractivity contribution in [3.8, 4) is 11.1 Å². The lowest BCUT2D eigenvalue weighted by molar-refractivity contribution is 1.42. The van der Waals surface area contributed by atoms with Crippen molar-refractivity contribution in [1.82, 2.24) is 4.98 Å². The third-order valence-corrected chi connectivity index (χ3v) is 6.68. The van der Waals surface area contributed by atoms with Gasteiger partial charge in [0.25, 0.3) is 0 Å². The Morgan fingerprint density at radius 1 is 0.375 bits per heavy atom. The minimum absolute atomic E-state index is 1.03. The Morgan fingerprint density at radius 3 is 1.72 bits per heavy atom. The molecule has 7 rings (SSSR count). The summed E-state index contributed by atoms with van der Waals surface area (Å²) in [6, 6.07) is 39.5. The van der Waals surface area contributed by atoms with Crippen LogP contribution in [0.1, 0.15) is 0 Å². The topological polar surface area (TPSA) is 12.9 Å². The van der Waals surface area contributed by atoms with Crippen molar-refractivity contribution >= 4 is 54.0 Å². The van der Waals surface area contributed by atoms with Gasteiger partial charge < -0.3 is 0 Å². The largest absolute Gasteiger partial charge is 0.256 e. The Morgan fingerprint density at radius 2 is 0.938 bits per heavy atom. The minimum atomic E-state index is 1.03. The molecule has 0 amide bonds. The van der Waals surface area contributed by atoms with Gasteiger partial charge in [-0.15, -0.1) is 0 Å². The van der Waals surface area contributed by atoms with Crippen LogP contribution < -0.4 is 0 Å². The van der Waals surface area contributed by atoms with E-state index in [9.17, 15) is 0 Å². The second-order valence-corrected chi connectivity index (χ2v) is 8.39. The van der Waals surface area contributed by atoms with Gasteiger partial charge in [-0.05, 0) is 78.5 Å². The van der Waals surface area contributed by atoms with Gasteiger partial charge in [-0.1, -0.05) is 84.9 Å². The van der Waals surface area contributed by atoms with Gasteiger partial charge in [-0.3, -0.25) is 4.98 Å². The third-order valence-electron chi connectivity index (χ3n) is 6.68. The lowest BCUT2D eigenvalue weighted by Gasteiger charge is -2.16. The van der Waals surface area contributed by atoms with Crippen LogP contribution in [0.5, 0.6) is 0 Å². The molecule has 0 aliphatic rings. The van der Waals surface area contributed by atoms with E-state index in [1.54, 1.807) is 0 Å². The zero-order chi connectivity index (χ0) is 21.1. The number of hydrogen-bond donors (Lipinski definition) is 0. The molecule has 0 unspecified atom stereocenters. The average molecular weight is 406 g/mol. The Kier molecular flexibility index (Phi) is 3.62. The van der Waals surface area contributed by atoms with E-state index in [4.69, 9.17) is 0 Å². The number of pyridine rings is 1. The van der Waals surface area contributed by atoms with E-state index in [1.165, 1.54) is 59.6 Å². The predicted molar refractivity (Wildman–Crippen MR) is 137 cm³/mol. The first-order chi connectivity index (χ1) is 15.9. The van der Waals surface area contributed by atoms with Crippen LogP contribution >= 0.6 is 0 Å². The summed E-state index contributed by atoms with van der Waals surface area (Å²) in [6.45, 7) is 0. The normalized spacial score (nSPS) is 11.8. The van der Waals surface area contributed by atoms with E-state index in [0.717, 1.165) is 5.52 Å². The molecule has 0 spiro atoms. The summed E-state index contributed by atoms with van der Waals surface area (Å²) >= 11 is 0. The predicted octanol–water partition coefficient (Wildman–Crippen LogP) is 8.51. The molecule has 0 N–H and O–H groups in total. The Labute approximate surface area is 185 Å². The van der Waals surface area contributed by atoms with Crippen molar-refractivity contribution in [2.75, 3.05) is 0 Å². The Bertz CT molecular complexity index is 1830. The van der Waals surface area contributed by atoms with Crippen molar-refractivity contribution in [1.29, 1.82) is 0 Å². The van der Waals surface area contributed by atoms with Crippen molar-refractivity contribution < 1.29 is 0 Å². The molecule has 0 aliphatic carbocycles. The van der Waals surface area contributed by atoms with Crippen molar-refractivity contribution in [2.24, 2.45) is 0 Å². The van der Waals surface area contributed by atoms with Crippen LogP contribution in [0.25, 0.3) is 65.1 Å². The summed E-state index contributed by atoms with van der Waals surface area (Å²) in [4.78, 5) is 4.60. The number of fused-ring (bicyclic) bond motifs is 8. The maximum atomic E-state index is 4.60. The fourth-order valence-corrected chi connectivity index (χ4v) is 5.24. The molecular weight excluding hydrogens is 386 g/mol. The molecule has 0 fully saturated rings. The molecule has 32 heavy (non-hydrogen) atoms. The summed E-state index contributed by atoms with van der Waals surface area (Å²) in [5.41, 5.74) is 3.58. The van der Waals surface area contributed by atoms with E-state index in [-0.39, 0.29) is 0 Å². The van der Waals surface area contributed by atoms with Gasteiger partial charge >= 0.3 is 0 Å². The quantitative estimate of drug-likeness (QED) is 0.249. The highest BCUT2D eigenvalue weighted by Crippen LogP contribution is 2.41. The molecule has 1 nitrogen and oxygen atoms in total. The number of nitrogens with zero attached hydrogens (tertiary/aromatic N) is 1. The Hall–Kier alpha value is -4.23. The molecule has 1 heterocycles. The van der Waals surface area contributed by atoms with E-state index < -0.39 is 0 Å². The molecule has 0 radical (unpaired) electrons. The summed E-state index contributed by atoms with van der Waals surface area (Å²) in [7, 11) is 0. The van der Waals surface area contributed by atoms with Crippen molar-refractivity contribution in [3.63, 3.8) is 0 Å². The third kappa shape index (κ3) is 2.42. The van der Waals surface area contributed by atoms with Crippen molar-refractivity contribution in [3.05, 3.63) is 115 Å². The van der Waals surface area contributed by atoms with Crippen LogP contribution in [0.4, 0.5) is 0 Å². The number of benzene rings is 6. The van der Waals surface area contributed by atoms with Crippen LogP contribution in [0.2, 0.25) is 0 Å². The van der Waals surface area contributed by atoms with E-state index >= 15 is 0 Å². The zero-order valence-electron chi connectivity index (χ0n) is 17.4. The maximum Gasteiger partial charge on any atom is 0.0708 e. The second-order valence-electron chi connectivity index (χ2n) is 8.39. The fourth-order valence-electron chi connectivity index (χ4n) is 5.24. The van der Waals surface area contributed by atoms with Crippen LogP contribution in [0.15, 0.2) is 115 Å². The smallest absolute Gasteiger partial charge is 0.0708 e. The summed E-state index contributed by atoms with van der Waals surface area (Å²) in [6.07, 6.45) is 1.87. The van der Waals surface area contributed by atoms with Gasteiger partial charge in [0, 0.05) is 11.6 Å². The van der Waals surface area contributed by atoms with Crippen LogP contribution in [0.3, 0.4) is 0 Å². The van der Waals surface area contributed by atoms with Gasteiger partial charge in [0.15, 0.2) is 0 Å². The second kappa shape index (κ2) is 6.63. The van der Waals surface area contributed by atoms with Gasteiger partial charge in [-0.25, -0.2) is 0 Å². The highest BCUT2D eigenvalue weighted by atomic mass is 14.6. The molecule has 148 valence electrons. The van der Waals surface area contributed by atoms with Crippen LogP contribution in [-0.2, 0) is 0 Å². The first-order valence-corrected chi connectivity index (χ1v) is 11.0.